The summed E-state index contributed by atoms with van der Waals surface area (Å²) >= 11 is 0. The van der Waals surface area contributed by atoms with Gasteiger partial charge in [-0.15, -0.1) is 0 Å². The summed E-state index contributed by atoms with van der Waals surface area (Å²) in [6, 6.07) is 11.6. The monoisotopic (exact) mass is 457 g/mol. The van der Waals surface area contributed by atoms with Gasteiger partial charge in [0.25, 0.3) is 0 Å². The number of hydrogen-bond acceptors (Lipinski definition) is 7. The van der Waals surface area contributed by atoms with Crippen LogP contribution in [0.15, 0.2) is 59.4 Å². The van der Waals surface area contributed by atoms with Gasteiger partial charge in [-0.2, -0.15) is 0 Å². The minimum atomic E-state index is -1.33. The number of hydrogen-bond donors (Lipinski definition) is 5. The molecular weight excluding hydrogens is 430 g/mol. The van der Waals surface area contributed by atoms with Gasteiger partial charge in [0, 0.05) is 6.42 Å². The summed E-state index contributed by atoms with van der Waals surface area (Å²) < 4.78 is 5.14. The number of amides is 2. The van der Waals surface area contributed by atoms with Crippen molar-refractivity contribution < 1.29 is 29.3 Å². The number of carbonyl (C=O) groups excluding carboxylic acids is 2. The molecule has 0 spiro atoms. The van der Waals surface area contributed by atoms with Crippen LogP contribution >= 0.6 is 0 Å². The van der Waals surface area contributed by atoms with Gasteiger partial charge in [0.1, 0.15) is 18.7 Å². The van der Waals surface area contributed by atoms with Crippen molar-refractivity contribution in [1.82, 2.24) is 10.6 Å². The highest BCUT2D eigenvalue weighted by Gasteiger charge is 2.27. The van der Waals surface area contributed by atoms with Crippen molar-refractivity contribution in [3.05, 3.63) is 75.9 Å². The lowest BCUT2D eigenvalue weighted by atomic mass is 10.1. The third-order valence-corrected chi connectivity index (χ3v) is 4.73. The van der Waals surface area contributed by atoms with Gasteiger partial charge in [-0.3, -0.25) is 9.59 Å². The highest BCUT2D eigenvalue weighted by atomic mass is 16.5. The Labute approximate surface area is 190 Å². The maximum atomic E-state index is 12.8. The number of nitrogens with two attached hydrogens (primary N) is 1. The number of benzene rings is 1. The van der Waals surface area contributed by atoms with E-state index in [9.17, 15) is 29.4 Å². The van der Waals surface area contributed by atoms with Crippen LogP contribution in [0.2, 0.25) is 0 Å². The molecule has 6 N–H and O–H groups in total. The molecule has 0 aromatic heterocycles. The highest BCUT2D eigenvalue weighted by molar-refractivity contribution is 5.89. The van der Waals surface area contributed by atoms with E-state index >= 15 is 0 Å². The zero-order valence-electron chi connectivity index (χ0n) is 17.9. The smallest absolute Gasteiger partial charge is 0.408 e. The maximum absolute atomic E-state index is 12.8. The molecule has 10 heteroatoms. The number of nitrogens with one attached hydrogen (secondary N) is 2. The summed E-state index contributed by atoms with van der Waals surface area (Å²) in [6.07, 6.45) is -0.370. The number of aromatic hydroxyl groups is 1. The average molecular weight is 457 g/mol. The average Bonchev–Trinajstić information content (AvgIpc) is 2.96. The van der Waals surface area contributed by atoms with Crippen molar-refractivity contribution in [3.63, 3.8) is 0 Å². The van der Waals surface area contributed by atoms with E-state index in [-0.39, 0.29) is 26.0 Å². The van der Waals surface area contributed by atoms with Gasteiger partial charge >= 0.3 is 12.1 Å². The van der Waals surface area contributed by atoms with Gasteiger partial charge in [-0.25, -0.2) is 9.59 Å². The number of alkyl carbamates (subject to hydrolysis) is 1. The van der Waals surface area contributed by atoms with Gasteiger partial charge in [0.05, 0.1) is 0 Å². The Hall–Kier alpha value is -3.92. The van der Waals surface area contributed by atoms with Gasteiger partial charge in [-0.05, 0) is 42.6 Å². The SMILES string of the molecule is NCCC[C@@H](NC(=O)OCc1ccccc1)C(=O)N[C@@H](Cc1ccc(O)c(=O)cc1)C(=O)O. The van der Waals surface area contributed by atoms with Gasteiger partial charge in [0.2, 0.25) is 11.3 Å². The highest BCUT2D eigenvalue weighted by Crippen LogP contribution is 2.07. The van der Waals surface area contributed by atoms with E-state index in [1.54, 1.807) is 24.3 Å². The van der Waals surface area contributed by atoms with Crippen molar-refractivity contribution in [2.75, 3.05) is 6.54 Å². The van der Waals surface area contributed by atoms with Crippen LogP contribution < -0.4 is 21.8 Å². The van der Waals surface area contributed by atoms with Crippen LogP contribution in [0.25, 0.3) is 0 Å². The van der Waals surface area contributed by atoms with E-state index in [0.29, 0.717) is 12.0 Å². The van der Waals surface area contributed by atoms with E-state index in [1.807, 2.05) is 6.07 Å². The second-order valence-corrected chi connectivity index (χ2v) is 7.28. The maximum Gasteiger partial charge on any atom is 0.408 e. The fourth-order valence-corrected chi connectivity index (χ4v) is 2.93. The van der Waals surface area contributed by atoms with Crippen molar-refractivity contribution >= 4 is 18.0 Å². The Bertz CT molecular complexity index is 1010. The molecular formula is C23H27N3O7. The minimum Gasteiger partial charge on any atom is -0.504 e. The van der Waals surface area contributed by atoms with Crippen molar-refractivity contribution in [2.24, 2.45) is 5.73 Å². The molecule has 0 heterocycles. The van der Waals surface area contributed by atoms with Crippen molar-refractivity contribution in [1.29, 1.82) is 0 Å². The first-order valence-corrected chi connectivity index (χ1v) is 10.3. The largest absolute Gasteiger partial charge is 0.504 e. The summed E-state index contributed by atoms with van der Waals surface area (Å²) in [5.74, 6) is -2.48. The second kappa shape index (κ2) is 12.8. The van der Waals surface area contributed by atoms with Crippen LogP contribution in [0.4, 0.5) is 4.79 Å². The summed E-state index contributed by atoms with van der Waals surface area (Å²) in [5.41, 5.74) is 6.08. The zero-order valence-corrected chi connectivity index (χ0v) is 17.9. The molecule has 0 bridgehead atoms. The fraction of sp³-hybridized carbons (Fsp3) is 0.304. The van der Waals surface area contributed by atoms with E-state index in [2.05, 4.69) is 10.6 Å². The van der Waals surface area contributed by atoms with Crippen LogP contribution in [0.5, 0.6) is 5.75 Å². The Morgan fingerprint density at radius 3 is 2.30 bits per heavy atom. The predicted octanol–water partition coefficient (Wildman–Crippen LogP) is 0.898. The van der Waals surface area contributed by atoms with E-state index in [0.717, 1.165) is 17.7 Å². The Balaban J connectivity index is 2.04. The first-order chi connectivity index (χ1) is 15.8. The molecule has 0 fully saturated rings. The molecule has 0 saturated carbocycles. The molecule has 176 valence electrons. The molecule has 0 saturated heterocycles. The quantitative estimate of drug-likeness (QED) is 0.332. The molecule has 0 aliphatic heterocycles. The minimum absolute atomic E-state index is 0.00915. The van der Waals surface area contributed by atoms with Crippen LogP contribution in [0.3, 0.4) is 0 Å². The molecule has 0 aliphatic carbocycles. The Morgan fingerprint density at radius 2 is 1.64 bits per heavy atom. The van der Waals surface area contributed by atoms with Crippen LogP contribution in [-0.4, -0.2) is 46.8 Å². The molecule has 2 rings (SSSR count). The first kappa shape index (κ1) is 25.3. The molecule has 0 radical (unpaired) electrons. The molecule has 2 amide bonds. The normalized spacial score (nSPS) is 12.3. The fourth-order valence-electron chi connectivity index (χ4n) is 2.93. The lowest BCUT2D eigenvalue weighted by Gasteiger charge is -2.21. The summed E-state index contributed by atoms with van der Waals surface area (Å²) in [4.78, 5) is 48.2. The lowest BCUT2D eigenvalue weighted by molar-refractivity contribution is -0.142. The predicted molar refractivity (Wildman–Crippen MR) is 119 cm³/mol. The van der Waals surface area contributed by atoms with E-state index < -0.39 is 41.2 Å². The first-order valence-electron chi connectivity index (χ1n) is 10.3. The number of carboxylic acids is 1. The molecule has 33 heavy (non-hydrogen) atoms. The Kier molecular flexibility index (Phi) is 9.84. The van der Waals surface area contributed by atoms with E-state index in [4.69, 9.17) is 10.5 Å². The standard InChI is InChI=1S/C23H27N3O7/c24-12-4-7-17(26-23(32)33-14-16-5-2-1-3-6-16)21(29)25-18(22(30)31)13-15-8-10-19(27)20(28)11-9-15/h1-3,5-6,8-11,17-18H,4,7,12-14,24H2,(H,25,29)(H,26,32)(H,27,28)(H,30,31)/t17-,18+/m1/s1. The van der Waals surface area contributed by atoms with Gasteiger partial charge in [-0.1, -0.05) is 42.5 Å². The van der Waals surface area contributed by atoms with Crippen LogP contribution in [-0.2, 0) is 27.4 Å². The second-order valence-electron chi connectivity index (χ2n) is 7.28. The number of carboxylic acid groups (broad SMARTS) is 1. The van der Waals surface area contributed by atoms with Gasteiger partial charge in [0.15, 0.2) is 5.75 Å². The lowest BCUT2D eigenvalue weighted by Crippen LogP contribution is -2.52. The van der Waals surface area contributed by atoms with Crippen molar-refractivity contribution in [3.8, 4) is 5.75 Å². The third kappa shape index (κ3) is 8.62. The molecule has 10 nitrogen and oxygen atoms in total. The summed E-state index contributed by atoms with van der Waals surface area (Å²) in [6.45, 7) is 0.281. The summed E-state index contributed by atoms with van der Waals surface area (Å²) in [5, 5.41) is 23.9. The molecule has 2 atom stereocenters. The van der Waals surface area contributed by atoms with Crippen LogP contribution in [0.1, 0.15) is 24.0 Å². The van der Waals surface area contributed by atoms with Gasteiger partial charge < -0.3 is 31.3 Å². The molecule has 0 aliphatic rings. The van der Waals surface area contributed by atoms with E-state index in [1.165, 1.54) is 12.1 Å². The number of aliphatic carboxylic acids is 1. The molecule has 2 aromatic carbocycles. The Morgan fingerprint density at radius 1 is 0.939 bits per heavy atom. The number of rotatable bonds is 11. The number of ether oxygens (including phenoxy) is 1. The van der Waals surface area contributed by atoms with Crippen molar-refractivity contribution in [2.45, 2.75) is 38.0 Å². The summed E-state index contributed by atoms with van der Waals surface area (Å²) in [7, 11) is 0. The molecule has 2 aromatic rings. The topological polar surface area (TPSA) is 168 Å². The number of carbonyl (C=O) groups is 3. The third-order valence-electron chi connectivity index (χ3n) is 4.73. The van der Waals surface area contributed by atoms with Crippen LogP contribution in [0, 0.1) is 0 Å². The molecule has 0 unspecified atom stereocenters. The zero-order chi connectivity index (χ0) is 24.2.